The largest absolute Gasteiger partial charge is 0.488 e. The number of aromatic nitrogens is 2. The Bertz CT molecular complexity index is 685. The van der Waals surface area contributed by atoms with Crippen LogP contribution in [0.2, 0.25) is 0 Å². The molecule has 0 saturated heterocycles. The first-order valence-corrected chi connectivity index (χ1v) is 7.47. The lowest BCUT2D eigenvalue weighted by atomic mass is 9.80. The molecule has 1 aromatic heterocycles. The Kier molecular flexibility index (Phi) is 3.65. The lowest BCUT2D eigenvalue weighted by Crippen LogP contribution is -2.29. The third kappa shape index (κ3) is 2.52. The van der Waals surface area contributed by atoms with E-state index in [1.807, 2.05) is 0 Å². The summed E-state index contributed by atoms with van der Waals surface area (Å²) >= 11 is 1.74. The first-order valence-electron chi connectivity index (χ1n) is 6.31. The topological polar surface area (TPSA) is 86.2 Å². The van der Waals surface area contributed by atoms with Gasteiger partial charge in [0.25, 0.3) is 5.56 Å². The number of hydrogen-bond acceptors (Lipinski definition) is 5. The number of fused-ring (bicyclic) bond motifs is 1. The normalized spacial score (nSPS) is 13.9. The second-order valence-electron chi connectivity index (χ2n) is 4.64. The molecule has 0 amide bonds. The zero-order chi connectivity index (χ0) is 14.1. The van der Waals surface area contributed by atoms with Gasteiger partial charge < -0.3 is 15.0 Å². The van der Waals surface area contributed by atoms with Gasteiger partial charge in [0.1, 0.15) is 5.82 Å². The number of aromatic amines is 1. The van der Waals surface area contributed by atoms with E-state index in [2.05, 4.69) is 9.97 Å². The second-order valence-corrected chi connectivity index (χ2v) is 5.74. The van der Waals surface area contributed by atoms with Crippen LogP contribution >= 0.6 is 11.8 Å². The minimum Gasteiger partial charge on any atom is -0.423 e. The summed E-state index contributed by atoms with van der Waals surface area (Å²) in [5, 5.41) is 18.1. The molecule has 2 aromatic rings. The summed E-state index contributed by atoms with van der Waals surface area (Å²) in [7, 11) is -1.49. The minimum atomic E-state index is -1.49. The fraction of sp³-hybridized carbons (Fsp3) is 0.231. The van der Waals surface area contributed by atoms with E-state index in [1.54, 1.807) is 36.0 Å². The van der Waals surface area contributed by atoms with Gasteiger partial charge in [0.05, 0.1) is 5.69 Å². The second kappa shape index (κ2) is 5.44. The monoisotopic (exact) mass is 288 g/mol. The van der Waals surface area contributed by atoms with Crippen molar-refractivity contribution in [1.82, 2.24) is 9.97 Å². The highest BCUT2D eigenvalue weighted by Crippen LogP contribution is 2.22. The molecule has 0 aliphatic carbocycles. The average Bonchev–Trinajstić information content (AvgIpc) is 2.47. The number of H-pyrrole nitrogens is 1. The predicted octanol–water partition coefficient (Wildman–Crippen LogP) is -0.0940. The number of hydrogen-bond donors (Lipinski definition) is 3. The van der Waals surface area contributed by atoms with Gasteiger partial charge in [-0.3, -0.25) is 4.79 Å². The van der Waals surface area contributed by atoms with Crippen molar-refractivity contribution in [3.8, 4) is 11.4 Å². The Balaban J connectivity index is 2.02. The van der Waals surface area contributed by atoms with E-state index >= 15 is 0 Å². The van der Waals surface area contributed by atoms with Crippen molar-refractivity contribution < 1.29 is 10.0 Å². The van der Waals surface area contributed by atoms with E-state index in [4.69, 9.17) is 10.0 Å². The molecule has 102 valence electrons. The molecule has 2 heterocycles. The lowest BCUT2D eigenvalue weighted by Gasteiger charge is -2.14. The molecule has 0 radical (unpaired) electrons. The van der Waals surface area contributed by atoms with Crippen LogP contribution in [0, 0.1) is 0 Å². The molecule has 0 fully saturated rings. The summed E-state index contributed by atoms with van der Waals surface area (Å²) in [6, 6.07) is 6.65. The zero-order valence-electron chi connectivity index (χ0n) is 10.7. The van der Waals surface area contributed by atoms with Crippen LogP contribution in [0.1, 0.15) is 11.3 Å². The van der Waals surface area contributed by atoms with E-state index < -0.39 is 7.12 Å². The number of nitrogens with one attached hydrogen (secondary N) is 1. The summed E-state index contributed by atoms with van der Waals surface area (Å²) in [6.07, 6.45) is 0.810. The van der Waals surface area contributed by atoms with Crippen molar-refractivity contribution in [2.45, 2.75) is 12.2 Å². The maximum atomic E-state index is 12.0. The third-order valence-corrected chi connectivity index (χ3v) is 4.30. The van der Waals surface area contributed by atoms with Gasteiger partial charge in [-0.15, -0.1) is 0 Å². The van der Waals surface area contributed by atoms with E-state index in [1.165, 1.54) is 0 Å². The highest BCUT2D eigenvalue weighted by atomic mass is 32.2. The highest BCUT2D eigenvalue weighted by Gasteiger charge is 2.17. The van der Waals surface area contributed by atoms with E-state index in [9.17, 15) is 4.79 Å². The smallest absolute Gasteiger partial charge is 0.423 e. The first kappa shape index (κ1) is 13.4. The van der Waals surface area contributed by atoms with Crippen LogP contribution in [0.3, 0.4) is 0 Å². The summed E-state index contributed by atoms with van der Waals surface area (Å²) in [5.74, 6) is 2.23. The Hall–Kier alpha value is -1.57. The molecule has 1 aliphatic rings. The molecule has 0 unspecified atom stereocenters. The van der Waals surface area contributed by atoms with Gasteiger partial charge in [-0.2, -0.15) is 11.8 Å². The summed E-state index contributed by atoms with van der Waals surface area (Å²) < 4.78 is 0. The number of aryl methyl sites for hydroxylation is 1. The third-order valence-electron chi connectivity index (χ3n) is 3.31. The van der Waals surface area contributed by atoms with Gasteiger partial charge >= 0.3 is 7.12 Å². The summed E-state index contributed by atoms with van der Waals surface area (Å²) in [6.45, 7) is 0. The molecule has 1 aliphatic heterocycles. The molecular formula is C13H13BN2O3S. The highest BCUT2D eigenvalue weighted by molar-refractivity contribution is 7.98. The number of nitrogens with zero attached hydrogens (tertiary/aromatic N) is 1. The molecule has 5 nitrogen and oxygen atoms in total. The van der Waals surface area contributed by atoms with Crippen molar-refractivity contribution in [2.75, 3.05) is 5.75 Å². The fourth-order valence-electron chi connectivity index (χ4n) is 2.19. The Morgan fingerprint density at radius 1 is 1.25 bits per heavy atom. The minimum absolute atomic E-state index is 0.0801. The molecule has 3 N–H and O–H groups in total. The molecule has 0 atom stereocenters. The maximum absolute atomic E-state index is 12.0. The standard InChI is InChI=1S/C13H13BN2O3S/c17-13-10-7-20-6-5-11(10)15-12(16-13)8-1-3-9(4-2-8)14(18)19/h1-4,18-19H,5-7H2,(H,15,16,17). The lowest BCUT2D eigenvalue weighted by molar-refractivity contribution is 0.426. The van der Waals surface area contributed by atoms with Crippen molar-refractivity contribution in [1.29, 1.82) is 0 Å². The van der Waals surface area contributed by atoms with Gasteiger partial charge in [-0.05, 0) is 17.6 Å². The number of thioether (sulfide) groups is 1. The Morgan fingerprint density at radius 2 is 2.00 bits per heavy atom. The molecule has 3 rings (SSSR count). The molecule has 1 aromatic carbocycles. The number of benzene rings is 1. The molecule has 7 heteroatoms. The van der Waals surface area contributed by atoms with Crippen LogP contribution in [0.25, 0.3) is 11.4 Å². The molecule has 0 saturated carbocycles. The average molecular weight is 288 g/mol. The maximum Gasteiger partial charge on any atom is 0.488 e. The van der Waals surface area contributed by atoms with Gasteiger partial charge in [0.15, 0.2) is 0 Å². The van der Waals surface area contributed by atoms with E-state index in [-0.39, 0.29) is 5.56 Å². The van der Waals surface area contributed by atoms with Crippen molar-refractivity contribution >= 4 is 24.3 Å². The van der Waals surface area contributed by atoms with Gasteiger partial charge in [0, 0.05) is 16.9 Å². The quantitative estimate of drug-likeness (QED) is 0.672. The van der Waals surface area contributed by atoms with Crippen LogP contribution < -0.4 is 11.0 Å². The predicted molar refractivity (Wildman–Crippen MR) is 80.0 cm³/mol. The van der Waals surface area contributed by atoms with Crippen LogP contribution in [0.4, 0.5) is 0 Å². The fourth-order valence-corrected chi connectivity index (χ4v) is 3.18. The molecule has 0 bridgehead atoms. The van der Waals surface area contributed by atoms with Crippen LogP contribution in [-0.4, -0.2) is 32.9 Å². The molecule has 0 spiro atoms. The van der Waals surface area contributed by atoms with Crippen molar-refractivity contribution in [3.63, 3.8) is 0 Å². The molecular weight excluding hydrogens is 275 g/mol. The summed E-state index contributed by atoms with van der Waals surface area (Å²) in [4.78, 5) is 19.4. The van der Waals surface area contributed by atoms with E-state index in [0.29, 0.717) is 17.0 Å². The van der Waals surface area contributed by atoms with Crippen molar-refractivity contribution in [3.05, 3.63) is 45.9 Å². The SMILES string of the molecule is O=c1[nH]c(-c2ccc(B(O)O)cc2)nc2c1CSCC2. The van der Waals surface area contributed by atoms with Crippen LogP contribution in [0.15, 0.2) is 29.1 Å². The molecule has 20 heavy (non-hydrogen) atoms. The Labute approximate surface area is 120 Å². The number of rotatable bonds is 2. The van der Waals surface area contributed by atoms with Crippen LogP contribution in [-0.2, 0) is 12.2 Å². The summed E-state index contributed by atoms with van der Waals surface area (Å²) in [5.41, 5.74) is 2.72. The van der Waals surface area contributed by atoms with Gasteiger partial charge in [-0.25, -0.2) is 4.98 Å². The van der Waals surface area contributed by atoms with Gasteiger partial charge in [0.2, 0.25) is 0 Å². The van der Waals surface area contributed by atoms with Crippen LogP contribution in [0.5, 0.6) is 0 Å². The zero-order valence-corrected chi connectivity index (χ0v) is 11.5. The first-order chi connectivity index (χ1) is 9.65. The van der Waals surface area contributed by atoms with Crippen molar-refractivity contribution in [2.24, 2.45) is 0 Å². The van der Waals surface area contributed by atoms with E-state index in [0.717, 1.165) is 29.0 Å². The Morgan fingerprint density at radius 3 is 2.70 bits per heavy atom. The van der Waals surface area contributed by atoms with Gasteiger partial charge in [-0.1, -0.05) is 24.3 Å².